The van der Waals surface area contributed by atoms with Crippen molar-refractivity contribution in [3.63, 3.8) is 0 Å². The number of hydrogen-bond donors (Lipinski definition) is 1. The Balaban J connectivity index is 2.12. The van der Waals surface area contributed by atoms with E-state index in [4.69, 9.17) is 9.84 Å². The first-order valence-corrected chi connectivity index (χ1v) is 5.50. The summed E-state index contributed by atoms with van der Waals surface area (Å²) in [5.74, 6) is 0.814. The average Bonchev–Trinajstić information content (AvgIpc) is 2.85. The predicted octanol–water partition coefficient (Wildman–Crippen LogP) is 1.20. The number of methoxy groups -OCH3 is 1. The van der Waals surface area contributed by atoms with Crippen LogP contribution in [0.15, 0.2) is 30.5 Å². The fourth-order valence-electron chi connectivity index (χ4n) is 1.53. The van der Waals surface area contributed by atoms with E-state index in [1.165, 1.54) is 0 Å². The molecule has 0 spiro atoms. The van der Waals surface area contributed by atoms with Crippen molar-refractivity contribution in [2.45, 2.75) is 12.8 Å². The number of aryl methyl sites for hydroxylation is 1. The van der Waals surface area contributed by atoms with E-state index in [-0.39, 0.29) is 6.61 Å². The summed E-state index contributed by atoms with van der Waals surface area (Å²) in [6.07, 6.45) is 3.32. The number of ether oxygens (including phenoxy) is 1. The van der Waals surface area contributed by atoms with Gasteiger partial charge in [-0.25, -0.2) is 4.68 Å². The molecule has 1 aromatic carbocycles. The Morgan fingerprint density at radius 2 is 2.06 bits per heavy atom. The molecule has 0 saturated carbocycles. The Bertz CT molecular complexity index is 465. The lowest BCUT2D eigenvalue weighted by Crippen LogP contribution is -1.94. The molecule has 0 aliphatic carbocycles. The van der Waals surface area contributed by atoms with Gasteiger partial charge in [-0.1, -0.05) is 5.21 Å². The summed E-state index contributed by atoms with van der Waals surface area (Å²) < 4.78 is 6.80. The van der Waals surface area contributed by atoms with Crippen molar-refractivity contribution in [1.29, 1.82) is 0 Å². The molecule has 0 unspecified atom stereocenters. The number of nitrogens with zero attached hydrogens (tertiary/aromatic N) is 3. The molecule has 0 atom stereocenters. The van der Waals surface area contributed by atoms with Crippen LogP contribution in [0.25, 0.3) is 5.69 Å². The van der Waals surface area contributed by atoms with Gasteiger partial charge < -0.3 is 9.84 Å². The molecule has 2 rings (SSSR count). The van der Waals surface area contributed by atoms with E-state index in [0.717, 1.165) is 23.6 Å². The van der Waals surface area contributed by atoms with Gasteiger partial charge in [-0.3, -0.25) is 0 Å². The molecular formula is C12H15N3O2. The first-order valence-electron chi connectivity index (χ1n) is 5.50. The smallest absolute Gasteiger partial charge is 0.119 e. The van der Waals surface area contributed by atoms with Crippen LogP contribution in [0.4, 0.5) is 0 Å². The normalized spacial score (nSPS) is 10.5. The predicted molar refractivity (Wildman–Crippen MR) is 63.3 cm³/mol. The SMILES string of the molecule is COc1ccc(-n2cc(CCCO)nn2)cc1. The van der Waals surface area contributed by atoms with E-state index >= 15 is 0 Å². The summed E-state index contributed by atoms with van der Waals surface area (Å²) in [6, 6.07) is 7.60. The van der Waals surface area contributed by atoms with Crippen LogP contribution in [0.2, 0.25) is 0 Å². The molecule has 2 aromatic rings. The summed E-state index contributed by atoms with van der Waals surface area (Å²) in [4.78, 5) is 0. The highest BCUT2D eigenvalue weighted by molar-refractivity contribution is 5.36. The maximum atomic E-state index is 8.74. The van der Waals surface area contributed by atoms with E-state index in [1.807, 2.05) is 30.5 Å². The van der Waals surface area contributed by atoms with Gasteiger partial charge in [0.15, 0.2) is 0 Å². The Hall–Kier alpha value is -1.88. The molecule has 90 valence electrons. The molecule has 1 heterocycles. The van der Waals surface area contributed by atoms with Gasteiger partial charge in [0.25, 0.3) is 0 Å². The number of aromatic nitrogens is 3. The summed E-state index contributed by atoms with van der Waals surface area (Å²) in [5.41, 5.74) is 1.82. The van der Waals surface area contributed by atoms with Crippen LogP contribution in [0.3, 0.4) is 0 Å². The maximum absolute atomic E-state index is 8.74. The van der Waals surface area contributed by atoms with Gasteiger partial charge in [0.1, 0.15) is 5.75 Å². The second-order valence-electron chi connectivity index (χ2n) is 3.68. The fourth-order valence-corrected chi connectivity index (χ4v) is 1.53. The third-order valence-corrected chi connectivity index (χ3v) is 2.47. The van der Waals surface area contributed by atoms with Crippen LogP contribution >= 0.6 is 0 Å². The van der Waals surface area contributed by atoms with Gasteiger partial charge >= 0.3 is 0 Å². The van der Waals surface area contributed by atoms with Crippen LogP contribution < -0.4 is 4.74 Å². The van der Waals surface area contributed by atoms with Crippen LogP contribution in [-0.2, 0) is 6.42 Å². The van der Waals surface area contributed by atoms with Crippen LogP contribution in [0.5, 0.6) is 5.75 Å². The zero-order valence-electron chi connectivity index (χ0n) is 9.71. The second-order valence-corrected chi connectivity index (χ2v) is 3.68. The van der Waals surface area contributed by atoms with Crippen molar-refractivity contribution in [2.75, 3.05) is 13.7 Å². The third-order valence-electron chi connectivity index (χ3n) is 2.47. The van der Waals surface area contributed by atoms with Crippen LogP contribution in [0, 0.1) is 0 Å². The Kier molecular flexibility index (Phi) is 3.72. The zero-order chi connectivity index (χ0) is 12.1. The van der Waals surface area contributed by atoms with Gasteiger partial charge in [-0.15, -0.1) is 5.10 Å². The van der Waals surface area contributed by atoms with Crippen molar-refractivity contribution < 1.29 is 9.84 Å². The minimum absolute atomic E-state index is 0.176. The fraction of sp³-hybridized carbons (Fsp3) is 0.333. The minimum atomic E-state index is 0.176. The number of aliphatic hydroxyl groups excluding tert-OH is 1. The molecule has 0 amide bonds. The topological polar surface area (TPSA) is 60.2 Å². The summed E-state index contributed by atoms with van der Waals surface area (Å²) >= 11 is 0. The molecule has 0 bridgehead atoms. The molecule has 1 N–H and O–H groups in total. The van der Waals surface area contributed by atoms with Gasteiger partial charge in [-0.2, -0.15) is 0 Å². The summed E-state index contributed by atoms with van der Waals surface area (Å²) in [5, 5.41) is 16.8. The molecular weight excluding hydrogens is 218 g/mol. The highest BCUT2D eigenvalue weighted by atomic mass is 16.5. The zero-order valence-corrected chi connectivity index (χ0v) is 9.71. The van der Waals surface area contributed by atoms with Gasteiger partial charge in [0.05, 0.1) is 24.7 Å². The standard InChI is InChI=1S/C12H15N3O2/c1-17-12-6-4-11(5-7-12)15-9-10(13-14-15)3-2-8-16/h4-7,9,16H,2-3,8H2,1H3. The lowest BCUT2D eigenvalue weighted by atomic mass is 10.2. The molecule has 0 saturated heterocycles. The maximum Gasteiger partial charge on any atom is 0.119 e. The molecule has 17 heavy (non-hydrogen) atoms. The van der Waals surface area contributed by atoms with Gasteiger partial charge in [-0.05, 0) is 37.1 Å². The van der Waals surface area contributed by atoms with Crippen molar-refractivity contribution >= 4 is 0 Å². The van der Waals surface area contributed by atoms with Crippen LogP contribution in [-0.4, -0.2) is 33.8 Å². The Labute approximate surface area is 99.7 Å². The van der Waals surface area contributed by atoms with Crippen LogP contribution in [0.1, 0.15) is 12.1 Å². The molecule has 5 nitrogen and oxygen atoms in total. The van der Waals surface area contributed by atoms with E-state index in [1.54, 1.807) is 11.8 Å². The first-order chi connectivity index (χ1) is 8.33. The summed E-state index contributed by atoms with van der Waals surface area (Å²) in [6.45, 7) is 0.176. The third kappa shape index (κ3) is 2.82. The number of hydrogen-bond acceptors (Lipinski definition) is 4. The Morgan fingerprint density at radius 1 is 1.29 bits per heavy atom. The van der Waals surface area contributed by atoms with E-state index in [9.17, 15) is 0 Å². The Morgan fingerprint density at radius 3 is 2.71 bits per heavy atom. The molecule has 1 aromatic heterocycles. The largest absolute Gasteiger partial charge is 0.497 e. The highest BCUT2D eigenvalue weighted by Gasteiger charge is 2.02. The summed E-state index contributed by atoms with van der Waals surface area (Å²) in [7, 11) is 1.64. The van der Waals surface area contributed by atoms with E-state index in [0.29, 0.717) is 6.42 Å². The van der Waals surface area contributed by atoms with Crippen molar-refractivity contribution in [3.05, 3.63) is 36.2 Å². The average molecular weight is 233 g/mol. The van der Waals surface area contributed by atoms with Gasteiger partial charge in [0.2, 0.25) is 0 Å². The van der Waals surface area contributed by atoms with Crippen molar-refractivity contribution in [2.24, 2.45) is 0 Å². The molecule has 0 fully saturated rings. The minimum Gasteiger partial charge on any atom is -0.497 e. The van der Waals surface area contributed by atoms with Crippen molar-refractivity contribution in [3.8, 4) is 11.4 Å². The van der Waals surface area contributed by atoms with Gasteiger partial charge in [0, 0.05) is 6.61 Å². The van der Waals surface area contributed by atoms with Crippen molar-refractivity contribution in [1.82, 2.24) is 15.0 Å². The monoisotopic (exact) mass is 233 g/mol. The number of rotatable bonds is 5. The van der Waals surface area contributed by atoms with E-state index < -0.39 is 0 Å². The van der Waals surface area contributed by atoms with E-state index in [2.05, 4.69) is 10.3 Å². The lowest BCUT2D eigenvalue weighted by molar-refractivity contribution is 0.288. The quantitative estimate of drug-likeness (QED) is 0.843. The number of aliphatic hydroxyl groups is 1. The molecule has 0 aliphatic rings. The molecule has 0 radical (unpaired) electrons. The lowest BCUT2D eigenvalue weighted by Gasteiger charge is -2.01. The first kappa shape index (κ1) is 11.6. The molecule has 5 heteroatoms. The second kappa shape index (κ2) is 5.45. The highest BCUT2D eigenvalue weighted by Crippen LogP contribution is 2.14. The molecule has 0 aliphatic heterocycles. The number of benzene rings is 1.